The van der Waals surface area contributed by atoms with Gasteiger partial charge in [0, 0.05) is 17.8 Å². The molecule has 1 N–H and O–H groups in total. The number of Topliss-reactive ketones (excluding diaryl/α,β-unsaturated/α-hetero) is 2. The third-order valence-corrected chi connectivity index (χ3v) is 5.85. The topological polar surface area (TPSA) is 114 Å². The minimum absolute atomic E-state index is 0.0560. The summed E-state index contributed by atoms with van der Waals surface area (Å²) in [6.45, 7) is 6.19. The SMILES string of the molecule is CC(=O)c1c(C)[nH]c(C(=O)[C@H](C)OC(=O)CCN2C(=O)[C@H]3CC=CC[C@@H]3C2=O)c1C. The van der Waals surface area contributed by atoms with Gasteiger partial charge in [-0.25, -0.2) is 0 Å². The Morgan fingerprint density at radius 3 is 2.20 bits per heavy atom. The number of fused-ring (bicyclic) bond motifs is 1. The van der Waals surface area contributed by atoms with Crippen molar-refractivity contribution in [3.8, 4) is 0 Å². The smallest absolute Gasteiger partial charge is 0.308 e. The zero-order valence-electron chi connectivity index (χ0n) is 17.6. The first-order chi connectivity index (χ1) is 14.1. The summed E-state index contributed by atoms with van der Waals surface area (Å²) >= 11 is 0. The van der Waals surface area contributed by atoms with Gasteiger partial charge < -0.3 is 9.72 Å². The van der Waals surface area contributed by atoms with Crippen LogP contribution >= 0.6 is 0 Å². The van der Waals surface area contributed by atoms with Crippen LogP contribution in [0.25, 0.3) is 0 Å². The first-order valence-corrected chi connectivity index (χ1v) is 10.1. The molecule has 8 nitrogen and oxygen atoms in total. The van der Waals surface area contributed by atoms with Crippen LogP contribution in [0.2, 0.25) is 0 Å². The monoisotopic (exact) mass is 414 g/mol. The van der Waals surface area contributed by atoms with Gasteiger partial charge in [-0.05, 0) is 46.1 Å². The normalized spacial score (nSPS) is 21.5. The Bertz CT molecular complexity index is 931. The molecule has 1 aromatic rings. The number of rotatable bonds is 7. The molecular formula is C22H26N2O6. The van der Waals surface area contributed by atoms with E-state index < -0.39 is 17.9 Å². The molecule has 0 spiro atoms. The van der Waals surface area contributed by atoms with Crippen molar-refractivity contribution >= 4 is 29.4 Å². The van der Waals surface area contributed by atoms with Crippen LogP contribution in [0, 0.1) is 25.7 Å². The molecule has 0 aromatic carbocycles. The van der Waals surface area contributed by atoms with Gasteiger partial charge in [0.2, 0.25) is 17.6 Å². The largest absolute Gasteiger partial charge is 0.454 e. The summed E-state index contributed by atoms with van der Waals surface area (Å²) in [5, 5.41) is 0. The van der Waals surface area contributed by atoms with E-state index in [0.717, 1.165) is 4.90 Å². The number of carbonyl (C=O) groups excluding carboxylic acids is 5. The Kier molecular flexibility index (Phi) is 6.05. The molecule has 1 aromatic heterocycles. The van der Waals surface area contributed by atoms with Gasteiger partial charge in [-0.1, -0.05) is 12.2 Å². The van der Waals surface area contributed by atoms with Crippen molar-refractivity contribution in [1.82, 2.24) is 9.88 Å². The van der Waals surface area contributed by atoms with E-state index in [0.29, 0.717) is 29.7 Å². The number of nitrogens with one attached hydrogen (secondary N) is 1. The molecule has 1 aliphatic heterocycles. The number of H-pyrrole nitrogens is 1. The number of amides is 2. The molecule has 1 aliphatic carbocycles. The van der Waals surface area contributed by atoms with Gasteiger partial charge in [-0.2, -0.15) is 0 Å². The van der Waals surface area contributed by atoms with Crippen LogP contribution in [0.1, 0.15) is 65.2 Å². The van der Waals surface area contributed by atoms with Crippen LogP contribution in [-0.2, 0) is 19.1 Å². The lowest BCUT2D eigenvalue weighted by molar-refractivity contribution is -0.147. The number of hydrogen-bond acceptors (Lipinski definition) is 6. The molecule has 2 amide bonds. The molecule has 2 heterocycles. The molecule has 0 bridgehead atoms. The number of ketones is 2. The van der Waals surface area contributed by atoms with Crippen LogP contribution in [0.3, 0.4) is 0 Å². The maximum Gasteiger partial charge on any atom is 0.308 e. The van der Waals surface area contributed by atoms with Gasteiger partial charge in [0.05, 0.1) is 24.0 Å². The second-order valence-corrected chi connectivity index (χ2v) is 7.91. The predicted octanol–water partition coefficient (Wildman–Crippen LogP) is 2.29. The van der Waals surface area contributed by atoms with Crippen LogP contribution in [0.15, 0.2) is 12.2 Å². The number of carbonyl (C=O) groups is 5. The fourth-order valence-corrected chi connectivity index (χ4v) is 4.33. The fourth-order valence-electron chi connectivity index (χ4n) is 4.33. The third kappa shape index (κ3) is 3.86. The van der Waals surface area contributed by atoms with E-state index in [-0.39, 0.29) is 48.1 Å². The minimum Gasteiger partial charge on any atom is -0.454 e. The molecule has 8 heteroatoms. The number of aromatic amines is 1. The summed E-state index contributed by atoms with van der Waals surface area (Å²) < 4.78 is 5.23. The van der Waals surface area contributed by atoms with Crippen molar-refractivity contribution in [3.63, 3.8) is 0 Å². The summed E-state index contributed by atoms with van der Waals surface area (Å²) in [6.07, 6.45) is 3.64. The number of imide groups is 1. The Balaban J connectivity index is 1.58. The number of aryl methyl sites for hydroxylation is 1. The third-order valence-electron chi connectivity index (χ3n) is 5.85. The van der Waals surface area contributed by atoms with E-state index in [1.807, 2.05) is 12.2 Å². The number of ether oxygens (including phenoxy) is 1. The average molecular weight is 414 g/mol. The second-order valence-electron chi connectivity index (χ2n) is 7.91. The van der Waals surface area contributed by atoms with Gasteiger partial charge in [0.1, 0.15) is 0 Å². The van der Waals surface area contributed by atoms with Crippen molar-refractivity contribution in [3.05, 3.63) is 34.7 Å². The molecular weight excluding hydrogens is 388 g/mol. The molecule has 3 atom stereocenters. The van der Waals surface area contributed by atoms with E-state index in [2.05, 4.69) is 4.98 Å². The first kappa shape index (κ1) is 21.7. The molecule has 3 rings (SSSR count). The van der Waals surface area contributed by atoms with E-state index in [9.17, 15) is 24.0 Å². The minimum atomic E-state index is -1.06. The number of allylic oxidation sites excluding steroid dienone is 2. The number of likely N-dealkylation sites (tertiary alicyclic amines) is 1. The van der Waals surface area contributed by atoms with Gasteiger partial charge in [-0.15, -0.1) is 0 Å². The maximum absolute atomic E-state index is 12.7. The van der Waals surface area contributed by atoms with E-state index in [1.165, 1.54) is 13.8 Å². The number of esters is 1. The predicted molar refractivity (Wildman–Crippen MR) is 107 cm³/mol. The molecule has 2 aliphatic rings. The first-order valence-electron chi connectivity index (χ1n) is 10.1. The molecule has 0 radical (unpaired) electrons. The molecule has 1 saturated heterocycles. The van der Waals surface area contributed by atoms with Crippen LogP contribution in [-0.4, -0.2) is 51.9 Å². The van der Waals surface area contributed by atoms with Gasteiger partial charge >= 0.3 is 5.97 Å². The Morgan fingerprint density at radius 2 is 1.70 bits per heavy atom. The highest BCUT2D eigenvalue weighted by atomic mass is 16.5. The van der Waals surface area contributed by atoms with Crippen molar-refractivity contribution < 1.29 is 28.7 Å². The average Bonchev–Trinajstić information content (AvgIpc) is 3.13. The highest BCUT2D eigenvalue weighted by Crippen LogP contribution is 2.35. The lowest BCUT2D eigenvalue weighted by Gasteiger charge is -2.16. The van der Waals surface area contributed by atoms with Crippen LogP contribution in [0.5, 0.6) is 0 Å². The molecule has 30 heavy (non-hydrogen) atoms. The number of aromatic nitrogens is 1. The summed E-state index contributed by atoms with van der Waals surface area (Å²) in [4.78, 5) is 65.6. The van der Waals surface area contributed by atoms with Gasteiger partial charge in [-0.3, -0.25) is 28.9 Å². The standard InChI is InChI=1S/C22H26N2O6/c1-11-18(13(3)25)12(2)23-19(11)20(27)14(4)30-17(26)9-10-24-21(28)15-7-5-6-8-16(15)22(24)29/h5-6,14-16,23H,7-10H2,1-4H3/t14-,15-,16-/m0/s1. The quantitative estimate of drug-likeness (QED) is 0.317. The zero-order chi connectivity index (χ0) is 22.2. The Labute approximate surface area is 174 Å². The van der Waals surface area contributed by atoms with E-state index in [4.69, 9.17) is 4.74 Å². The van der Waals surface area contributed by atoms with Crippen molar-refractivity contribution in [2.45, 2.75) is 53.1 Å². The van der Waals surface area contributed by atoms with Gasteiger partial charge in [0.15, 0.2) is 11.9 Å². The molecule has 0 unspecified atom stereocenters. The van der Waals surface area contributed by atoms with E-state index >= 15 is 0 Å². The van der Waals surface area contributed by atoms with E-state index in [1.54, 1.807) is 13.8 Å². The maximum atomic E-state index is 12.7. The number of hydrogen-bond donors (Lipinski definition) is 1. The summed E-state index contributed by atoms with van der Waals surface area (Å²) in [5.41, 5.74) is 1.81. The Morgan fingerprint density at radius 1 is 1.13 bits per heavy atom. The zero-order valence-corrected chi connectivity index (χ0v) is 17.6. The summed E-state index contributed by atoms with van der Waals surface area (Å²) in [6, 6.07) is 0. The summed E-state index contributed by atoms with van der Waals surface area (Å²) in [5.74, 6) is -2.44. The fraction of sp³-hybridized carbons (Fsp3) is 0.500. The van der Waals surface area contributed by atoms with Crippen LogP contribution < -0.4 is 0 Å². The van der Waals surface area contributed by atoms with Crippen LogP contribution in [0.4, 0.5) is 0 Å². The number of nitrogens with zero attached hydrogens (tertiary/aromatic N) is 1. The van der Waals surface area contributed by atoms with Crippen molar-refractivity contribution in [2.75, 3.05) is 6.54 Å². The molecule has 160 valence electrons. The van der Waals surface area contributed by atoms with Gasteiger partial charge in [0.25, 0.3) is 0 Å². The molecule has 1 fully saturated rings. The van der Waals surface area contributed by atoms with Crippen molar-refractivity contribution in [1.29, 1.82) is 0 Å². The lowest BCUT2D eigenvalue weighted by atomic mass is 9.85. The van der Waals surface area contributed by atoms with Crippen molar-refractivity contribution in [2.24, 2.45) is 11.8 Å². The molecule has 0 saturated carbocycles. The second kappa shape index (κ2) is 8.38. The highest BCUT2D eigenvalue weighted by molar-refractivity contribution is 6.06. The Hall–Kier alpha value is -3.03. The lowest BCUT2D eigenvalue weighted by Crippen LogP contribution is -2.34. The summed E-state index contributed by atoms with van der Waals surface area (Å²) in [7, 11) is 0. The highest BCUT2D eigenvalue weighted by Gasteiger charge is 2.47.